The van der Waals surface area contributed by atoms with Crippen LogP contribution in [0.3, 0.4) is 0 Å². The number of carbonyl (C=O) groups excluding carboxylic acids is 3. The zero-order chi connectivity index (χ0) is 13.6. The van der Waals surface area contributed by atoms with Crippen LogP contribution < -0.4 is 0 Å². The van der Waals surface area contributed by atoms with E-state index in [-0.39, 0.29) is 0 Å². The Kier molecular flexibility index (Phi) is 5.81. The smallest absolute Gasteiger partial charge is 0.335 e. The Hall–Kier alpha value is -1.43. The predicted octanol–water partition coefficient (Wildman–Crippen LogP) is 0.211. The molecule has 0 radical (unpaired) electrons. The minimum absolute atomic E-state index is 0.452. The molecule has 6 nitrogen and oxygen atoms in total. The third kappa shape index (κ3) is 7.46. The Morgan fingerprint density at radius 3 is 2.18 bits per heavy atom. The van der Waals surface area contributed by atoms with Crippen molar-refractivity contribution in [2.75, 3.05) is 7.11 Å². The normalized spacial score (nSPS) is 12.8. The minimum Gasteiger partial charge on any atom is -0.467 e. The number of methoxy groups -OCH3 is 1. The van der Waals surface area contributed by atoms with E-state index in [1.54, 1.807) is 20.8 Å². The van der Waals surface area contributed by atoms with Crippen LogP contribution >= 0.6 is 0 Å². The van der Waals surface area contributed by atoms with Gasteiger partial charge < -0.3 is 14.6 Å². The van der Waals surface area contributed by atoms with E-state index in [1.807, 2.05) is 0 Å². The number of ether oxygens (including phenoxy) is 2. The standard InChI is InChI=1S/C11H18O6/c1-11(2,3)17-9(14)6-7(12)5-8(13)10(15)16-4/h8,13H,5-6H2,1-4H3/t8-/m0/s1. The molecule has 98 valence electrons. The summed E-state index contributed by atoms with van der Waals surface area (Å²) in [6.07, 6.45) is -2.45. The van der Waals surface area contributed by atoms with Crippen molar-refractivity contribution in [2.45, 2.75) is 45.3 Å². The summed E-state index contributed by atoms with van der Waals surface area (Å²) >= 11 is 0. The average molecular weight is 246 g/mol. The van der Waals surface area contributed by atoms with Gasteiger partial charge in [0.15, 0.2) is 6.10 Å². The van der Waals surface area contributed by atoms with Crippen molar-refractivity contribution in [2.24, 2.45) is 0 Å². The molecule has 17 heavy (non-hydrogen) atoms. The van der Waals surface area contributed by atoms with Gasteiger partial charge in [0, 0.05) is 6.42 Å². The van der Waals surface area contributed by atoms with Gasteiger partial charge in [-0.15, -0.1) is 0 Å². The largest absolute Gasteiger partial charge is 0.467 e. The molecule has 0 saturated carbocycles. The zero-order valence-corrected chi connectivity index (χ0v) is 10.5. The molecular formula is C11H18O6. The average Bonchev–Trinajstić information content (AvgIpc) is 2.12. The molecule has 0 spiro atoms. The van der Waals surface area contributed by atoms with Crippen LogP contribution in [0, 0.1) is 0 Å². The van der Waals surface area contributed by atoms with E-state index in [0.29, 0.717) is 0 Å². The maximum atomic E-state index is 11.3. The molecule has 1 atom stereocenters. The minimum atomic E-state index is -1.53. The summed E-state index contributed by atoms with van der Waals surface area (Å²) in [6.45, 7) is 5.04. The van der Waals surface area contributed by atoms with Crippen LogP contribution in [0.25, 0.3) is 0 Å². The Morgan fingerprint density at radius 2 is 1.76 bits per heavy atom. The van der Waals surface area contributed by atoms with Gasteiger partial charge in [-0.1, -0.05) is 0 Å². The van der Waals surface area contributed by atoms with Gasteiger partial charge in [-0.2, -0.15) is 0 Å². The van der Waals surface area contributed by atoms with Gasteiger partial charge in [-0.3, -0.25) is 9.59 Å². The maximum Gasteiger partial charge on any atom is 0.335 e. The highest BCUT2D eigenvalue weighted by Gasteiger charge is 2.23. The highest BCUT2D eigenvalue weighted by molar-refractivity contribution is 5.97. The first-order valence-electron chi connectivity index (χ1n) is 5.15. The molecule has 0 aromatic rings. The van der Waals surface area contributed by atoms with Crippen LogP contribution in [0.1, 0.15) is 33.6 Å². The molecule has 0 aliphatic rings. The van der Waals surface area contributed by atoms with Crippen molar-refractivity contribution in [1.82, 2.24) is 0 Å². The third-order valence-corrected chi connectivity index (χ3v) is 1.66. The van der Waals surface area contributed by atoms with Crippen LogP contribution in [0.2, 0.25) is 0 Å². The molecule has 0 unspecified atom stereocenters. The van der Waals surface area contributed by atoms with Crippen LogP contribution in [0.4, 0.5) is 0 Å². The van der Waals surface area contributed by atoms with Gasteiger partial charge in [0.1, 0.15) is 17.8 Å². The summed E-state index contributed by atoms with van der Waals surface area (Å²) < 4.78 is 9.16. The molecule has 0 aliphatic carbocycles. The highest BCUT2D eigenvalue weighted by atomic mass is 16.6. The summed E-state index contributed by atoms with van der Waals surface area (Å²) in [7, 11) is 1.10. The van der Waals surface area contributed by atoms with Crippen LogP contribution in [-0.4, -0.2) is 41.6 Å². The third-order valence-electron chi connectivity index (χ3n) is 1.66. The van der Waals surface area contributed by atoms with Gasteiger partial charge in [-0.05, 0) is 20.8 Å². The quantitative estimate of drug-likeness (QED) is 0.551. The van der Waals surface area contributed by atoms with Gasteiger partial charge in [0.2, 0.25) is 0 Å². The molecule has 0 amide bonds. The monoisotopic (exact) mass is 246 g/mol. The molecule has 0 rings (SSSR count). The lowest BCUT2D eigenvalue weighted by molar-refractivity contribution is -0.158. The highest BCUT2D eigenvalue weighted by Crippen LogP contribution is 2.09. The van der Waals surface area contributed by atoms with Crippen molar-refractivity contribution in [3.8, 4) is 0 Å². The van der Waals surface area contributed by atoms with Crippen LogP contribution in [0.15, 0.2) is 0 Å². The SMILES string of the molecule is COC(=O)[C@@H](O)CC(=O)CC(=O)OC(C)(C)C. The summed E-state index contributed by atoms with van der Waals surface area (Å²) in [5.74, 6) is -2.15. The number of ketones is 1. The summed E-state index contributed by atoms with van der Waals surface area (Å²) in [5.41, 5.74) is -0.668. The number of aliphatic hydroxyl groups excluding tert-OH is 1. The van der Waals surface area contributed by atoms with Gasteiger partial charge in [0.25, 0.3) is 0 Å². The van der Waals surface area contributed by atoms with Crippen molar-refractivity contribution in [3.63, 3.8) is 0 Å². The molecule has 0 aliphatic heterocycles. The summed E-state index contributed by atoms with van der Waals surface area (Å²) in [6, 6.07) is 0. The van der Waals surface area contributed by atoms with E-state index in [4.69, 9.17) is 4.74 Å². The van der Waals surface area contributed by atoms with Gasteiger partial charge >= 0.3 is 11.9 Å². The molecule has 1 N–H and O–H groups in total. The molecule has 0 aromatic carbocycles. The molecule has 0 heterocycles. The maximum absolute atomic E-state index is 11.3. The number of hydrogen-bond acceptors (Lipinski definition) is 6. The molecule has 6 heteroatoms. The Bertz CT molecular complexity index is 302. The molecule has 0 aromatic heterocycles. The van der Waals surface area contributed by atoms with Crippen molar-refractivity contribution < 1.29 is 29.0 Å². The summed E-state index contributed by atoms with van der Waals surface area (Å²) in [5, 5.41) is 9.19. The van der Waals surface area contributed by atoms with Gasteiger partial charge in [0.05, 0.1) is 7.11 Å². The fourth-order valence-corrected chi connectivity index (χ4v) is 1.05. The Morgan fingerprint density at radius 1 is 1.24 bits per heavy atom. The van der Waals surface area contributed by atoms with E-state index in [2.05, 4.69) is 4.74 Å². The molecular weight excluding hydrogens is 228 g/mol. The molecule has 0 fully saturated rings. The number of esters is 2. The predicted molar refractivity (Wildman–Crippen MR) is 58.1 cm³/mol. The molecule has 0 bridgehead atoms. The number of aliphatic hydroxyl groups is 1. The lowest BCUT2D eigenvalue weighted by atomic mass is 10.1. The van der Waals surface area contributed by atoms with Gasteiger partial charge in [-0.25, -0.2) is 4.79 Å². The lowest BCUT2D eigenvalue weighted by Crippen LogP contribution is -2.28. The number of hydrogen-bond donors (Lipinski definition) is 1. The fourth-order valence-electron chi connectivity index (χ4n) is 1.05. The van der Waals surface area contributed by atoms with Crippen molar-refractivity contribution >= 4 is 17.7 Å². The van der Waals surface area contributed by atoms with E-state index in [1.165, 1.54) is 0 Å². The topological polar surface area (TPSA) is 89.9 Å². The second-order valence-electron chi connectivity index (χ2n) is 4.54. The zero-order valence-electron chi connectivity index (χ0n) is 10.5. The first-order valence-corrected chi connectivity index (χ1v) is 5.15. The lowest BCUT2D eigenvalue weighted by Gasteiger charge is -2.19. The first-order chi connectivity index (χ1) is 7.65. The van der Waals surface area contributed by atoms with Crippen molar-refractivity contribution in [3.05, 3.63) is 0 Å². The molecule has 0 saturated heterocycles. The second-order valence-corrected chi connectivity index (χ2v) is 4.54. The van der Waals surface area contributed by atoms with E-state index in [9.17, 15) is 19.5 Å². The van der Waals surface area contributed by atoms with Crippen molar-refractivity contribution in [1.29, 1.82) is 0 Å². The Labute approximate surface area is 99.9 Å². The van der Waals surface area contributed by atoms with Crippen LogP contribution in [0.5, 0.6) is 0 Å². The first kappa shape index (κ1) is 15.6. The number of rotatable bonds is 5. The number of carbonyl (C=O) groups is 3. The van der Waals surface area contributed by atoms with E-state index < -0.39 is 42.3 Å². The fraction of sp³-hybridized carbons (Fsp3) is 0.727. The number of Topliss-reactive ketones (excluding diaryl/α,β-unsaturated/α-hetero) is 1. The van der Waals surface area contributed by atoms with E-state index in [0.717, 1.165) is 7.11 Å². The van der Waals surface area contributed by atoms with Crippen LogP contribution in [-0.2, 0) is 23.9 Å². The Balaban J connectivity index is 4.11. The van der Waals surface area contributed by atoms with E-state index >= 15 is 0 Å². The summed E-state index contributed by atoms with van der Waals surface area (Å²) in [4.78, 5) is 33.4. The second kappa shape index (κ2) is 6.34.